The van der Waals surface area contributed by atoms with Crippen molar-refractivity contribution in [1.82, 2.24) is 0 Å². The van der Waals surface area contributed by atoms with Crippen LogP contribution in [0.15, 0.2) is 65.1 Å². The summed E-state index contributed by atoms with van der Waals surface area (Å²) < 4.78 is 21.1. The minimum atomic E-state index is -0.481. The summed E-state index contributed by atoms with van der Waals surface area (Å²) in [7, 11) is 3.04. The lowest BCUT2D eigenvalue weighted by Gasteiger charge is -2.10. The van der Waals surface area contributed by atoms with Crippen molar-refractivity contribution in [2.75, 3.05) is 26.1 Å². The summed E-state index contributed by atoms with van der Waals surface area (Å²) in [6.45, 7) is -0.383. The number of ether oxygens (including phenoxy) is 3. The molecule has 156 valence electrons. The maximum absolute atomic E-state index is 12.1. The van der Waals surface area contributed by atoms with Crippen molar-refractivity contribution in [1.29, 1.82) is 0 Å². The number of amides is 1. The number of esters is 1. The van der Waals surface area contributed by atoms with E-state index in [0.29, 0.717) is 29.4 Å². The molecular weight excluding hydrogens is 386 g/mol. The van der Waals surface area contributed by atoms with E-state index in [-0.39, 0.29) is 13.0 Å². The Bertz CT molecular complexity index is 974. The van der Waals surface area contributed by atoms with Gasteiger partial charge in [-0.3, -0.25) is 9.59 Å². The lowest BCUT2D eigenvalue weighted by atomic mass is 10.2. The van der Waals surface area contributed by atoms with Gasteiger partial charge in [0.15, 0.2) is 6.61 Å². The van der Waals surface area contributed by atoms with Crippen LogP contribution >= 0.6 is 0 Å². The van der Waals surface area contributed by atoms with Crippen LogP contribution in [-0.4, -0.2) is 32.7 Å². The van der Waals surface area contributed by atoms with E-state index in [0.717, 1.165) is 11.3 Å². The number of anilines is 1. The summed E-state index contributed by atoms with van der Waals surface area (Å²) in [5.41, 5.74) is 1.45. The van der Waals surface area contributed by atoms with E-state index in [1.165, 1.54) is 14.2 Å². The van der Waals surface area contributed by atoms with Crippen molar-refractivity contribution in [3.63, 3.8) is 0 Å². The summed E-state index contributed by atoms with van der Waals surface area (Å²) in [5.74, 6) is 1.56. The molecule has 30 heavy (non-hydrogen) atoms. The van der Waals surface area contributed by atoms with Gasteiger partial charge in [-0.1, -0.05) is 30.3 Å². The van der Waals surface area contributed by atoms with Gasteiger partial charge in [0.05, 0.1) is 20.6 Å². The number of carbonyl (C=O) groups excluding carboxylic acids is 2. The maximum atomic E-state index is 12.1. The average molecular weight is 409 g/mol. The van der Waals surface area contributed by atoms with Crippen LogP contribution in [0.4, 0.5) is 5.69 Å². The Hall–Kier alpha value is -3.74. The molecule has 3 rings (SSSR count). The van der Waals surface area contributed by atoms with Crippen molar-refractivity contribution in [3.05, 3.63) is 66.4 Å². The van der Waals surface area contributed by atoms with E-state index in [2.05, 4.69) is 5.32 Å². The predicted molar refractivity (Wildman–Crippen MR) is 112 cm³/mol. The second-order valence-corrected chi connectivity index (χ2v) is 6.44. The third-order valence-electron chi connectivity index (χ3n) is 4.29. The molecule has 1 N–H and O–H groups in total. The van der Waals surface area contributed by atoms with Crippen LogP contribution in [0.5, 0.6) is 11.5 Å². The smallest absolute Gasteiger partial charge is 0.306 e. The van der Waals surface area contributed by atoms with Gasteiger partial charge in [-0.25, -0.2) is 0 Å². The van der Waals surface area contributed by atoms with Gasteiger partial charge in [0.2, 0.25) is 0 Å². The molecule has 2 aromatic carbocycles. The van der Waals surface area contributed by atoms with Crippen molar-refractivity contribution >= 4 is 17.6 Å². The van der Waals surface area contributed by atoms with Gasteiger partial charge in [-0.15, -0.1) is 0 Å². The Morgan fingerprint density at radius 2 is 1.63 bits per heavy atom. The van der Waals surface area contributed by atoms with Gasteiger partial charge in [0, 0.05) is 35.9 Å². The second kappa shape index (κ2) is 10.2. The van der Waals surface area contributed by atoms with Crippen LogP contribution in [0, 0.1) is 0 Å². The first-order valence-corrected chi connectivity index (χ1v) is 9.40. The number of carbonyl (C=O) groups is 2. The molecule has 1 aromatic heterocycles. The SMILES string of the molecule is COc1cc(NC(=O)COC(=O)CCc2ccc(-c3ccccc3)o2)cc(OC)c1. The Morgan fingerprint density at radius 1 is 0.933 bits per heavy atom. The number of rotatable bonds is 9. The predicted octanol–water partition coefficient (Wildman–Crippen LogP) is 4.08. The van der Waals surface area contributed by atoms with E-state index in [9.17, 15) is 9.59 Å². The van der Waals surface area contributed by atoms with Gasteiger partial charge >= 0.3 is 5.97 Å². The van der Waals surface area contributed by atoms with Gasteiger partial charge in [-0.05, 0) is 12.1 Å². The lowest BCUT2D eigenvalue weighted by Crippen LogP contribution is -2.21. The molecule has 7 nitrogen and oxygen atoms in total. The van der Waals surface area contributed by atoms with Crippen LogP contribution in [0.1, 0.15) is 12.2 Å². The molecule has 0 fully saturated rings. The first-order valence-electron chi connectivity index (χ1n) is 9.40. The minimum absolute atomic E-state index is 0.113. The first-order chi connectivity index (χ1) is 14.6. The Kier molecular flexibility index (Phi) is 7.10. The standard InChI is InChI=1S/C23H23NO6/c1-27-19-12-17(13-20(14-19)28-2)24-22(25)15-29-23(26)11-9-18-8-10-21(30-18)16-6-4-3-5-7-16/h3-8,10,12-14H,9,11,15H2,1-2H3,(H,24,25). The molecule has 0 atom stereocenters. The van der Waals surface area contributed by atoms with Crippen LogP contribution in [0.3, 0.4) is 0 Å². The Balaban J connectivity index is 1.45. The third kappa shape index (κ3) is 5.88. The van der Waals surface area contributed by atoms with E-state index >= 15 is 0 Å². The van der Waals surface area contributed by atoms with E-state index in [4.69, 9.17) is 18.6 Å². The molecule has 3 aromatic rings. The number of nitrogens with one attached hydrogen (secondary N) is 1. The van der Waals surface area contributed by atoms with Crippen molar-refractivity contribution in [3.8, 4) is 22.8 Å². The average Bonchev–Trinajstić information content (AvgIpc) is 3.25. The molecule has 0 aliphatic carbocycles. The van der Waals surface area contributed by atoms with E-state index in [1.54, 1.807) is 18.2 Å². The van der Waals surface area contributed by atoms with Crippen molar-refractivity contribution in [2.24, 2.45) is 0 Å². The summed E-state index contributed by atoms with van der Waals surface area (Å²) in [6, 6.07) is 18.4. The highest BCUT2D eigenvalue weighted by Gasteiger charge is 2.11. The summed E-state index contributed by atoms with van der Waals surface area (Å²) in [4.78, 5) is 24.0. The molecule has 0 saturated heterocycles. The van der Waals surface area contributed by atoms with Gasteiger partial charge in [0.25, 0.3) is 5.91 Å². The van der Waals surface area contributed by atoms with Gasteiger partial charge < -0.3 is 23.9 Å². The molecule has 7 heteroatoms. The normalized spacial score (nSPS) is 10.3. The molecule has 0 radical (unpaired) electrons. The second-order valence-electron chi connectivity index (χ2n) is 6.44. The fraction of sp³-hybridized carbons (Fsp3) is 0.217. The zero-order valence-corrected chi connectivity index (χ0v) is 16.8. The van der Waals surface area contributed by atoms with Crippen molar-refractivity contribution in [2.45, 2.75) is 12.8 Å². The van der Waals surface area contributed by atoms with Crippen LogP contribution in [0.2, 0.25) is 0 Å². The largest absolute Gasteiger partial charge is 0.497 e. The number of aryl methyl sites for hydroxylation is 1. The number of benzene rings is 2. The summed E-state index contributed by atoms with van der Waals surface area (Å²) in [5, 5.41) is 2.65. The molecule has 0 aliphatic rings. The van der Waals surface area contributed by atoms with Crippen LogP contribution in [0.25, 0.3) is 11.3 Å². The van der Waals surface area contributed by atoms with E-state index in [1.807, 2.05) is 42.5 Å². The molecule has 0 aliphatic heterocycles. The minimum Gasteiger partial charge on any atom is -0.497 e. The zero-order chi connectivity index (χ0) is 21.3. The number of hydrogen-bond acceptors (Lipinski definition) is 6. The first kappa shape index (κ1) is 21.0. The Morgan fingerprint density at radius 3 is 2.30 bits per heavy atom. The molecule has 0 bridgehead atoms. The summed E-state index contributed by atoms with van der Waals surface area (Å²) >= 11 is 0. The number of hydrogen-bond donors (Lipinski definition) is 1. The fourth-order valence-electron chi connectivity index (χ4n) is 2.79. The summed E-state index contributed by atoms with van der Waals surface area (Å²) in [6.07, 6.45) is 0.502. The van der Waals surface area contributed by atoms with Gasteiger partial charge in [-0.2, -0.15) is 0 Å². The van der Waals surface area contributed by atoms with Gasteiger partial charge in [0.1, 0.15) is 23.0 Å². The highest BCUT2D eigenvalue weighted by atomic mass is 16.5. The number of furan rings is 1. The molecular formula is C23H23NO6. The van der Waals surface area contributed by atoms with Crippen LogP contribution < -0.4 is 14.8 Å². The monoisotopic (exact) mass is 409 g/mol. The maximum Gasteiger partial charge on any atom is 0.306 e. The molecule has 1 amide bonds. The van der Waals surface area contributed by atoms with E-state index < -0.39 is 11.9 Å². The number of methoxy groups -OCH3 is 2. The van der Waals surface area contributed by atoms with Crippen LogP contribution in [-0.2, 0) is 20.7 Å². The third-order valence-corrected chi connectivity index (χ3v) is 4.29. The topological polar surface area (TPSA) is 87.0 Å². The lowest BCUT2D eigenvalue weighted by molar-refractivity contribution is -0.147. The Labute approximate surface area is 174 Å². The highest BCUT2D eigenvalue weighted by molar-refractivity contribution is 5.93. The molecule has 0 unspecified atom stereocenters. The highest BCUT2D eigenvalue weighted by Crippen LogP contribution is 2.26. The molecule has 1 heterocycles. The fourth-order valence-corrected chi connectivity index (χ4v) is 2.79. The van der Waals surface area contributed by atoms with Crippen molar-refractivity contribution < 1.29 is 28.2 Å². The molecule has 0 saturated carbocycles. The quantitative estimate of drug-likeness (QED) is 0.536. The zero-order valence-electron chi connectivity index (χ0n) is 16.8. The molecule has 0 spiro atoms.